The van der Waals surface area contributed by atoms with Crippen molar-refractivity contribution in [2.75, 3.05) is 24.7 Å². The number of thiazole rings is 1. The summed E-state index contributed by atoms with van der Waals surface area (Å²) in [5.74, 6) is 0.802. The third-order valence-electron chi connectivity index (χ3n) is 2.40. The van der Waals surface area contributed by atoms with Crippen molar-refractivity contribution in [3.05, 3.63) is 34.8 Å². The van der Waals surface area contributed by atoms with Crippen LogP contribution in [-0.4, -0.2) is 18.6 Å². The second-order valence-electron chi connectivity index (χ2n) is 3.56. The zero-order valence-electron chi connectivity index (χ0n) is 9.64. The van der Waals surface area contributed by atoms with Gasteiger partial charge in [0.25, 0.3) is 0 Å². The van der Waals surface area contributed by atoms with Crippen LogP contribution in [0.4, 0.5) is 11.4 Å². The number of anilines is 2. The molecule has 4 nitrogen and oxygen atoms in total. The predicted molar refractivity (Wildman–Crippen MR) is 71.7 cm³/mol. The van der Waals surface area contributed by atoms with Crippen molar-refractivity contribution in [1.29, 1.82) is 0 Å². The fourth-order valence-corrected chi connectivity index (χ4v) is 2.12. The van der Waals surface area contributed by atoms with Crippen LogP contribution in [0.3, 0.4) is 0 Å². The molecule has 0 bridgehead atoms. The smallest absolute Gasteiger partial charge is 0.121 e. The molecule has 0 aliphatic carbocycles. The molecule has 0 aliphatic rings. The molecule has 0 fully saturated rings. The van der Waals surface area contributed by atoms with Gasteiger partial charge in [-0.25, -0.2) is 4.98 Å². The SMILES string of the molecule is COc1ccc(N)c(NCCc2nccs2)c1. The monoisotopic (exact) mass is 249 g/mol. The molecule has 0 saturated carbocycles. The highest BCUT2D eigenvalue weighted by Crippen LogP contribution is 2.24. The normalized spacial score (nSPS) is 10.2. The summed E-state index contributed by atoms with van der Waals surface area (Å²) in [6, 6.07) is 5.59. The van der Waals surface area contributed by atoms with Crippen LogP contribution in [0, 0.1) is 0 Å². The van der Waals surface area contributed by atoms with E-state index in [4.69, 9.17) is 10.5 Å². The first-order valence-electron chi connectivity index (χ1n) is 5.35. The number of nitrogens with zero attached hydrogens (tertiary/aromatic N) is 1. The molecule has 2 aromatic rings. The number of hydrogen-bond acceptors (Lipinski definition) is 5. The molecule has 17 heavy (non-hydrogen) atoms. The summed E-state index contributed by atoms with van der Waals surface area (Å²) >= 11 is 1.66. The summed E-state index contributed by atoms with van der Waals surface area (Å²) in [4.78, 5) is 4.23. The van der Waals surface area contributed by atoms with Crippen LogP contribution in [0.25, 0.3) is 0 Å². The van der Waals surface area contributed by atoms with Crippen molar-refractivity contribution < 1.29 is 4.74 Å². The van der Waals surface area contributed by atoms with Gasteiger partial charge in [-0.15, -0.1) is 11.3 Å². The van der Waals surface area contributed by atoms with E-state index in [0.717, 1.165) is 35.1 Å². The minimum absolute atomic E-state index is 0.727. The van der Waals surface area contributed by atoms with Gasteiger partial charge in [0, 0.05) is 30.6 Å². The molecule has 0 radical (unpaired) electrons. The van der Waals surface area contributed by atoms with Crippen LogP contribution < -0.4 is 15.8 Å². The lowest BCUT2D eigenvalue weighted by Gasteiger charge is -2.10. The van der Waals surface area contributed by atoms with Gasteiger partial charge in [0.15, 0.2) is 0 Å². The Morgan fingerprint density at radius 2 is 2.35 bits per heavy atom. The number of aromatic nitrogens is 1. The van der Waals surface area contributed by atoms with Gasteiger partial charge in [-0.2, -0.15) is 0 Å². The van der Waals surface area contributed by atoms with E-state index < -0.39 is 0 Å². The summed E-state index contributed by atoms with van der Waals surface area (Å²) in [5.41, 5.74) is 7.50. The second-order valence-corrected chi connectivity index (χ2v) is 4.53. The molecule has 1 aromatic carbocycles. The number of hydrogen-bond donors (Lipinski definition) is 2. The van der Waals surface area contributed by atoms with Gasteiger partial charge in [0.05, 0.1) is 23.5 Å². The maximum absolute atomic E-state index is 5.87. The van der Waals surface area contributed by atoms with Crippen molar-refractivity contribution in [3.8, 4) is 5.75 Å². The second kappa shape index (κ2) is 5.54. The Morgan fingerprint density at radius 1 is 1.47 bits per heavy atom. The molecule has 0 aliphatic heterocycles. The van der Waals surface area contributed by atoms with Crippen molar-refractivity contribution in [2.24, 2.45) is 0 Å². The van der Waals surface area contributed by atoms with Crippen LogP contribution in [0.2, 0.25) is 0 Å². The van der Waals surface area contributed by atoms with E-state index >= 15 is 0 Å². The summed E-state index contributed by atoms with van der Waals surface area (Å²) in [6.07, 6.45) is 2.72. The number of nitrogens with two attached hydrogens (primary N) is 1. The van der Waals surface area contributed by atoms with Crippen LogP contribution in [0.15, 0.2) is 29.8 Å². The van der Waals surface area contributed by atoms with E-state index in [9.17, 15) is 0 Å². The van der Waals surface area contributed by atoms with Gasteiger partial charge in [-0.3, -0.25) is 0 Å². The van der Waals surface area contributed by atoms with E-state index in [-0.39, 0.29) is 0 Å². The zero-order chi connectivity index (χ0) is 12.1. The molecule has 1 heterocycles. The molecule has 90 valence electrons. The van der Waals surface area contributed by atoms with E-state index in [1.54, 1.807) is 18.4 Å². The molecule has 0 amide bonds. The van der Waals surface area contributed by atoms with Crippen molar-refractivity contribution in [1.82, 2.24) is 4.98 Å². The highest BCUT2D eigenvalue weighted by Gasteiger charge is 2.01. The minimum Gasteiger partial charge on any atom is -0.497 e. The number of benzene rings is 1. The van der Waals surface area contributed by atoms with E-state index in [1.165, 1.54) is 0 Å². The summed E-state index contributed by atoms with van der Waals surface area (Å²) in [6.45, 7) is 0.810. The third kappa shape index (κ3) is 3.10. The van der Waals surface area contributed by atoms with E-state index in [1.807, 2.05) is 29.8 Å². The molecular weight excluding hydrogens is 234 g/mol. The molecule has 0 atom stereocenters. The maximum Gasteiger partial charge on any atom is 0.121 e. The van der Waals surface area contributed by atoms with Gasteiger partial charge >= 0.3 is 0 Å². The Hall–Kier alpha value is -1.75. The number of methoxy groups -OCH3 is 1. The summed E-state index contributed by atoms with van der Waals surface area (Å²) in [5, 5.41) is 6.39. The van der Waals surface area contributed by atoms with E-state index in [0.29, 0.717) is 0 Å². The quantitative estimate of drug-likeness (QED) is 0.799. The lowest BCUT2D eigenvalue weighted by atomic mass is 10.2. The molecule has 1 aromatic heterocycles. The number of rotatable bonds is 5. The average molecular weight is 249 g/mol. The Morgan fingerprint density at radius 3 is 3.06 bits per heavy atom. The molecule has 3 N–H and O–H groups in total. The first-order valence-corrected chi connectivity index (χ1v) is 6.23. The fraction of sp³-hybridized carbons (Fsp3) is 0.250. The van der Waals surface area contributed by atoms with Gasteiger partial charge < -0.3 is 15.8 Å². The lowest BCUT2D eigenvalue weighted by molar-refractivity contribution is 0.415. The molecule has 0 spiro atoms. The van der Waals surface area contributed by atoms with E-state index in [2.05, 4.69) is 10.3 Å². The van der Waals surface area contributed by atoms with Crippen molar-refractivity contribution in [2.45, 2.75) is 6.42 Å². The van der Waals surface area contributed by atoms with Gasteiger partial charge in [0.2, 0.25) is 0 Å². The molecular formula is C12H15N3OS. The minimum atomic E-state index is 0.727. The highest BCUT2D eigenvalue weighted by atomic mass is 32.1. The highest BCUT2D eigenvalue weighted by molar-refractivity contribution is 7.09. The van der Waals surface area contributed by atoms with Crippen molar-refractivity contribution >= 4 is 22.7 Å². The summed E-state index contributed by atoms with van der Waals surface area (Å²) < 4.78 is 5.16. The first-order chi connectivity index (χ1) is 8.29. The Balaban J connectivity index is 1.94. The van der Waals surface area contributed by atoms with Crippen LogP contribution in [0.5, 0.6) is 5.75 Å². The summed E-state index contributed by atoms with van der Waals surface area (Å²) in [7, 11) is 1.64. The Kier molecular flexibility index (Phi) is 3.82. The lowest BCUT2D eigenvalue weighted by Crippen LogP contribution is -2.06. The van der Waals surface area contributed by atoms with Gasteiger partial charge in [0.1, 0.15) is 5.75 Å². The third-order valence-corrected chi connectivity index (χ3v) is 3.24. The largest absolute Gasteiger partial charge is 0.497 e. The topological polar surface area (TPSA) is 60.2 Å². The number of ether oxygens (including phenoxy) is 1. The molecule has 0 saturated heterocycles. The number of nitrogen functional groups attached to an aromatic ring is 1. The molecule has 2 rings (SSSR count). The Bertz CT molecular complexity index is 471. The molecule has 5 heteroatoms. The standard InChI is InChI=1S/C12H15N3OS/c1-16-9-2-3-10(13)11(8-9)14-5-4-12-15-6-7-17-12/h2-3,6-8,14H,4-5,13H2,1H3. The van der Waals surface area contributed by atoms with Crippen molar-refractivity contribution in [3.63, 3.8) is 0 Å². The zero-order valence-corrected chi connectivity index (χ0v) is 10.5. The first kappa shape index (κ1) is 11.7. The van der Waals surface area contributed by atoms with Crippen LogP contribution in [0.1, 0.15) is 5.01 Å². The Labute approximate surface area is 104 Å². The average Bonchev–Trinajstić information content (AvgIpc) is 2.84. The van der Waals surface area contributed by atoms with Gasteiger partial charge in [-0.1, -0.05) is 0 Å². The predicted octanol–water partition coefficient (Wildman–Crippen LogP) is 2.39. The number of nitrogens with one attached hydrogen (secondary N) is 1. The van der Waals surface area contributed by atoms with Gasteiger partial charge in [-0.05, 0) is 12.1 Å². The van der Waals surface area contributed by atoms with Crippen LogP contribution in [-0.2, 0) is 6.42 Å². The maximum atomic E-state index is 5.87. The van der Waals surface area contributed by atoms with Crippen LogP contribution >= 0.6 is 11.3 Å². The fourth-order valence-electron chi connectivity index (χ4n) is 1.50. The molecule has 0 unspecified atom stereocenters.